The Morgan fingerprint density at radius 1 is 1.62 bits per heavy atom. The van der Waals surface area contributed by atoms with E-state index in [1.807, 2.05) is 25.5 Å². The monoisotopic (exact) mass is 197 g/mol. The third-order valence-electron chi connectivity index (χ3n) is 1.98. The number of Topliss-reactive ketones (excluding diaryl/α,β-unsaturated/α-hetero) is 1. The highest BCUT2D eigenvalue weighted by molar-refractivity contribution is 7.10. The van der Waals surface area contributed by atoms with Crippen LogP contribution in [0, 0.1) is 0 Å². The van der Waals surface area contributed by atoms with Crippen molar-refractivity contribution in [2.45, 2.75) is 19.4 Å². The van der Waals surface area contributed by atoms with E-state index in [1.165, 1.54) is 4.88 Å². The molecule has 1 atom stereocenters. The van der Waals surface area contributed by atoms with E-state index in [2.05, 4.69) is 11.0 Å². The summed E-state index contributed by atoms with van der Waals surface area (Å²) in [4.78, 5) is 14.4. The SMILES string of the molecule is CC(=O)CC(c1cccs1)N(C)C. The van der Waals surface area contributed by atoms with Crippen LogP contribution in [-0.4, -0.2) is 24.8 Å². The first-order valence-corrected chi connectivity index (χ1v) is 5.18. The minimum atomic E-state index is 0.243. The van der Waals surface area contributed by atoms with Crippen LogP contribution in [0.4, 0.5) is 0 Å². The number of thiophene rings is 1. The van der Waals surface area contributed by atoms with Crippen molar-refractivity contribution in [1.82, 2.24) is 4.90 Å². The van der Waals surface area contributed by atoms with Crippen molar-refractivity contribution < 1.29 is 4.79 Å². The smallest absolute Gasteiger partial charge is 0.131 e. The van der Waals surface area contributed by atoms with Crippen LogP contribution < -0.4 is 0 Å². The zero-order valence-corrected chi connectivity index (χ0v) is 9.10. The number of hydrogen-bond acceptors (Lipinski definition) is 3. The zero-order valence-electron chi connectivity index (χ0n) is 8.28. The summed E-state index contributed by atoms with van der Waals surface area (Å²) in [5.41, 5.74) is 0. The van der Waals surface area contributed by atoms with Gasteiger partial charge in [0.05, 0.1) is 6.04 Å². The molecule has 1 heterocycles. The fourth-order valence-electron chi connectivity index (χ4n) is 1.29. The van der Waals surface area contributed by atoms with E-state index in [-0.39, 0.29) is 11.8 Å². The van der Waals surface area contributed by atoms with E-state index in [4.69, 9.17) is 0 Å². The molecule has 0 aliphatic heterocycles. The third kappa shape index (κ3) is 2.94. The Hall–Kier alpha value is -0.670. The van der Waals surface area contributed by atoms with Gasteiger partial charge in [0.25, 0.3) is 0 Å². The van der Waals surface area contributed by atoms with Crippen LogP contribution in [0.1, 0.15) is 24.3 Å². The van der Waals surface area contributed by atoms with Gasteiger partial charge in [-0.15, -0.1) is 11.3 Å². The Bertz CT molecular complexity index is 266. The number of carbonyl (C=O) groups is 1. The van der Waals surface area contributed by atoms with Crippen LogP contribution in [0.5, 0.6) is 0 Å². The van der Waals surface area contributed by atoms with Gasteiger partial charge >= 0.3 is 0 Å². The van der Waals surface area contributed by atoms with Crippen molar-refractivity contribution in [2.75, 3.05) is 14.1 Å². The Labute approximate surface area is 83.2 Å². The molecule has 0 spiro atoms. The molecule has 72 valence electrons. The maximum absolute atomic E-state index is 11.0. The second-order valence-electron chi connectivity index (χ2n) is 3.40. The van der Waals surface area contributed by atoms with Gasteiger partial charge in [0, 0.05) is 11.3 Å². The molecule has 1 aromatic rings. The molecule has 2 nitrogen and oxygen atoms in total. The molecule has 0 aliphatic rings. The van der Waals surface area contributed by atoms with Crippen LogP contribution >= 0.6 is 11.3 Å². The molecule has 1 unspecified atom stereocenters. The van der Waals surface area contributed by atoms with Gasteiger partial charge in [0.1, 0.15) is 5.78 Å². The second kappa shape index (κ2) is 4.53. The average molecular weight is 197 g/mol. The number of nitrogens with zero attached hydrogens (tertiary/aromatic N) is 1. The molecule has 0 N–H and O–H groups in total. The quantitative estimate of drug-likeness (QED) is 0.738. The van der Waals surface area contributed by atoms with E-state index in [1.54, 1.807) is 18.3 Å². The van der Waals surface area contributed by atoms with Crippen LogP contribution in [0.2, 0.25) is 0 Å². The maximum Gasteiger partial charge on any atom is 0.131 e. The molecule has 1 aromatic heterocycles. The summed E-state index contributed by atoms with van der Waals surface area (Å²) < 4.78 is 0. The highest BCUT2D eigenvalue weighted by Gasteiger charge is 2.16. The predicted octanol–water partition coefficient (Wildman–Crippen LogP) is 2.33. The lowest BCUT2D eigenvalue weighted by Crippen LogP contribution is -2.21. The van der Waals surface area contributed by atoms with Gasteiger partial charge in [0.2, 0.25) is 0 Å². The zero-order chi connectivity index (χ0) is 9.84. The normalized spacial score (nSPS) is 13.2. The molecular weight excluding hydrogens is 182 g/mol. The lowest BCUT2D eigenvalue weighted by molar-refractivity contribution is -0.118. The van der Waals surface area contributed by atoms with Crippen molar-refractivity contribution in [3.8, 4) is 0 Å². The fourth-order valence-corrected chi connectivity index (χ4v) is 2.21. The molecule has 3 heteroatoms. The number of carbonyl (C=O) groups excluding carboxylic acids is 1. The van der Waals surface area contributed by atoms with Gasteiger partial charge in [-0.2, -0.15) is 0 Å². The first-order chi connectivity index (χ1) is 6.11. The predicted molar refractivity (Wildman–Crippen MR) is 56.0 cm³/mol. The minimum Gasteiger partial charge on any atom is -0.301 e. The van der Waals surface area contributed by atoms with Gasteiger partial charge in [-0.25, -0.2) is 0 Å². The maximum atomic E-state index is 11.0. The highest BCUT2D eigenvalue weighted by atomic mass is 32.1. The van der Waals surface area contributed by atoms with Crippen molar-refractivity contribution in [2.24, 2.45) is 0 Å². The molecular formula is C10H15NOS. The summed E-state index contributed by atoms with van der Waals surface area (Å²) in [5.74, 6) is 0.243. The molecule has 0 aromatic carbocycles. The summed E-state index contributed by atoms with van der Waals surface area (Å²) in [5, 5.41) is 2.05. The molecule has 0 amide bonds. The summed E-state index contributed by atoms with van der Waals surface area (Å²) in [7, 11) is 4.01. The third-order valence-corrected chi connectivity index (χ3v) is 2.95. The Kier molecular flexibility index (Phi) is 3.63. The number of ketones is 1. The lowest BCUT2D eigenvalue weighted by atomic mass is 10.1. The second-order valence-corrected chi connectivity index (χ2v) is 4.38. The van der Waals surface area contributed by atoms with E-state index < -0.39 is 0 Å². The first kappa shape index (κ1) is 10.4. The summed E-state index contributed by atoms with van der Waals surface area (Å²) >= 11 is 1.71. The van der Waals surface area contributed by atoms with Crippen LogP contribution in [-0.2, 0) is 4.79 Å². The van der Waals surface area contributed by atoms with Crippen molar-refractivity contribution in [3.63, 3.8) is 0 Å². The van der Waals surface area contributed by atoms with E-state index in [0.29, 0.717) is 6.42 Å². The van der Waals surface area contributed by atoms with E-state index >= 15 is 0 Å². The van der Waals surface area contributed by atoms with Crippen LogP contribution in [0.15, 0.2) is 17.5 Å². The van der Waals surface area contributed by atoms with E-state index in [0.717, 1.165) is 0 Å². The van der Waals surface area contributed by atoms with Crippen molar-refractivity contribution in [1.29, 1.82) is 0 Å². The number of hydrogen-bond donors (Lipinski definition) is 0. The van der Waals surface area contributed by atoms with Gasteiger partial charge in [-0.05, 0) is 32.5 Å². The Morgan fingerprint density at radius 3 is 2.69 bits per heavy atom. The van der Waals surface area contributed by atoms with Gasteiger partial charge in [0.15, 0.2) is 0 Å². The largest absolute Gasteiger partial charge is 0.301 e. The highest BCUT2D eigenvalue weighted by Crippen LogP contribution is 2.26. The Morgan fingerprint density at radius 2 is 2.31 bits per heavy atom. The first-order valence-electron chi connectivity index (χ1n) is 4.30. The molecule has 0 saturated heterocycles. The molecule has 0 saturated carbocycles. The van der Waals surface area contributed by atoms with Crippen molar-refractivity contribution in [3.05, 3.63) is 22.4 Å². The van der Waals surface area contributed by atoms with Gasteiger partial charge < -0.3 is 4.90 Å². The lowest BCUT2D eigenvalue weighted by Gasteiger charge is -2.21. The fraction of sp³-hybridized carbons (Fsp3) is 0.500. The summed E-state index contributed by atoms with van der Waals surface area (Å²) in [6.45, 7) is 1.64. The van der Waals surface area contributed by atoms with Gasteiger partial charge in [-0.3, -0.25) is 4.79 Å². The van der Waals surface area contributed by atoms with Crippen LogP contribution in [0.3, 0.4) is 0 Å². The molecule has 1 rings (SSSR count). The van der Waals surface area contributed by atoms with Gasteiger partial charge in [-0.1, -0.05) is 6.07 Å². The molecule has 13 heavy (non-hydrogen) atoms. The summed E-state index contributed by atoms with van der Waals surface area (Å²) in [6, 6.07) is 4.35. The molecule has 0 bridgehead atoms. The number of rotatable bonds is 4. The molecule has 0 radical (unpaired) electrons. The topological polar surface area (TPSA) is 20.3 Å². The Balaban J connectivity index is 2.74. The summed E-state index contributed by atoms with van der Waals surface area (Å²) in [6.07, 6.45) is 0.605. The molecule has 0 aliphatic carbocycles. The van der Waals surface area contributed by atoms with Crippen LogP contribution in [0.25, 0.3) is 0 Å². The molecule has 0 fully saturated rings. The van der Waals surface area contributed by atoms with Crippen molar-refractivity contribution >= 4 is 17.1 Å². The van der Waals surface area contributed by atoms with E-state index in [9.17, 15) is 4.79 Å². The average Bonchev–Trinajstić information content (AvgIpc) is 2.50. The standard InChI is InChI=1S/C10H15NOS/c1-8(12)7-9(11(2)3)10-5-4-6-13-10/h4-6,9H,7H2,1-3H3. The minimum absolute atomic E-state index is 0.243.